The largest absolute Gasteiger partial charge is 0.508 e. The number of rotatable bonds is 0. The highest BCUT2D eigenvalue weighted by Crippen LogP contribution is 2.22. The first-order valence-corrected chi connectivity index (χ1v) is 3.02. The van der Waals surface area contributed by atoms with Crippen molar-refractivity contribution in [2.75, 3.05) is 0 Å². The predicted octanol–water partition coefficient (Wildman–Crippen LogP) is 1.74. The SMILES string of the molecule is [B]C1C=CC(O)=C(C)C1. The van der Waals surface area contributed by atoms with Gasteiger partial charge >= 0.3 is 0 Å². The molecule has 0 aliphatic heterocycles. The number of aliphatic hydroxyl groups excluding tert-OH is 1. The summed E-state index contributed by atoms with van der Waals surface area (Å²) in [5.41, 5.74) is 0.977. The molecule has 0 heterocycles. The van der Waals surface area contributed by atoms with Crippen LogP contribution in [0.4, 0.5) is 0 Å². The molecule has 1 aliphatic rings. The van der Waals surface area contributed by atoms with Crippen molar-refractivity contribution in [1.82, 2.24) is 0 Å². The molecule has 0 spiro atoms. The van der Waals surface area contributed by atoms with E-state index in [0.29, 0.717) is 5.76 Å². The quantitative estimate of drug-likeness (QED) is 0.482. The average Bonchev–Trinajstić information content (AvgIpc) is 1.80. The van der Waals surface area contributed by atoms with Crippen LogP contribution in [0, 0.1) is 0 Å². The Morgan fingerprint density at radius 2 is 2.44 bits per heavy atom. The van der Waals surface area contributed by atoms with E-state index in [1.807, 2.05) is 13.0 Å². The van der Waals surface area contributed by atoms with Gasteiger partial charge in [0, 0.05) is 0 Å². The van der Waals surface area contributed by atoms with Gasteiger partial charge in [-0.05, 0) is 25.0 Å². The standard InChI is InChI=1S/C7H9BO/c1-5-4-6(8)2-3-7(5)9/h2-3,6,9H,4H2,1H3. The van der Waals surface area contributed by atoms with Crippen LogP contribution in [0.25, 0.3) is 0 Å². The first kappa shape index (κ1) is 6.46. The molecular weight excluding hydrogens is 111 g/mol. The number of aliphatic hydroxyl groups is 1. The molecule has 2 heteroatoms. The summed E-state index contributed by atoms with van der Waals surface area (Å²) >= 11 is 0. The number of hydrogen-bond acceptors (Lipinski definition) is 1. The van der Waals surface area contributed by atoms with Crippen molar-refractivity contribution in [3.8, 4) is 0 Å². The Morgan fingerprint density at radius 3 is 2.89 bits per heavy atom. The molecule has 0 amide bonds. The second-order valence-corrected chi connectivity index (χ2v) is 2.39. The fourth-order valence-corrected chi connectivity index (χ4v) is 0.883. The summed E-state index contributed by atoms with van der Waals surface area (Å²) in [6, 6.07) is 0. The van der Waals surface area contributed by atoms with Crippen molar-refractivity contribution < 1.29 is 5.11 Å². The number of hydrogen-bond donors (Lipinski definition) is 1. The molecule has 2 radical (unpaired) electrons. The van der Waals surface area contributed by atoms with E-state index in [-0.39, 0.29) is 5.82 Å². The fraction of sp³-hybridized carbons (Fsp3) is 0.429. The first-order valence-electron chi connectivity index (χ1n) is 3.02. The maximum absolute atomic E-state index is 9.03. The van der Waals surface area contributed by atoms with E-state index < -0.39 is 0 Å². The molecule has 46 valence electrons. The molecule has 1 N–H and O–H groups in total. The first-order chi connectivity index (χ1) is 4.20. The van der Waals surface area contributed by atoms with Crippen LogP contribution >= 0.6 is 0 Å². The van der Waals surface area contributed by atoms with E-state index in [2.05, 4.69) is 0 Å². The fourth-order valence-electron chi connectivity index (χ4n) is 0.883. The van der Waals surface area contributed by atoms with Crippen molar-refractivity contribution in [2.24, 2.45) is 0 Å². The van der Waals surface area contributed by atoms with Gasteiger partial charge in [0.05, 0.1) is 7.85 Å². The lowest BCUT2D eigenvalue weighted by Crippen LogP contribution is -1.97. The molecule has 0 aromatic heterocycles. The Morgan fingerprint density at radius 1 is 1.78 bits per heavy atom. The van der Waals surface area contributed by atoms with Gasteiger partial charge in [-0.2, -0.15) is 0 Å². The molecule has 0 aromatic carbocycles. The highest BCUT2D eigenvalue weighted by atomic mass is 16.3. The zero-order chi connectivity index (χ0) is 6.85. The molecule has 1 rings (SSSR count). The van der Waals surface area contributed by atoms with Crippen molar-refractivity contribution in [1.29, 1.82) is 0 Å². The van der Waals surface area contributed by atoms with E-state index >= 15 is 0 Å². The molecule has 0 bridgehead atoms. The summed E-state index contributed by atoms with van der Waals surface area (Å²) < 4.78 is 0. The minimum Gasteiger partial charge on any atom is -0.508 e. The van der Waals surface area contributed by atoms with E-state index in [1.165, 1.54) is 0 Å². The molecule has 1 atom stereocenters. The van der Waals surface area contributed by atoms with Gasteiger partial charge in [-0.15, -0.1) is 0 Å². The second kappa shape index (κ2) is 2.30. The molecule has 0 fully saturated rings. The van der Waals surface area contributed by atoms with Gasteiger partial charge in [-0.3, -0.25) is 0 Å². The van der Waals surface area contributed by atoms with E-state index in [9.17, 15) is 0 Å². The molecule has 0 saturated carbocycles. The molecule has 1 nitrogen and oxygen atoms in total. The van der Waals surface area contributed by atoms with Crippen LogP contribution in [0.15, 0.2) is 23.5 Å². The normalized spacial score (nSPS) is 27.0. The lowest BCUT2D eigenvalue weighted by molar-refractivity contribution is 0.419. The summed E-state index contributed by atoms with van der Waals surface area (Å²) in [5.74, 6) is 0.470. The minimum absolute atomic E-state index is 0.0981. The summed E-state index contributed by atoms with van der Waals surface area (Å²) in [6.07, 6.45) is 4.24. The topological polar surface area (TPSA) is 20.2 Å². The van der Waals surface area contributed by atoms with Gasteiger partial charge in [0.2, 0.25) is 0 Å². The van der Waals surface area contributed by atoms with Gasteiger partial charge in [0.25, 0.3) is 0 Å². The molecular formula is C7H9BO. The van der Waals surface area contributed by atoms with E-state index in [0.717, 1.165) is 12.0 Å². The Kier molecular flexibility index (Phi) is 1.65. The molecule has 1 aliphatic carbocycles. The van der Waals surface area contributed by atoms with Crippen LogP contribution in [-0.2, 0) is 0 Å². The van der Waals surface area contributed by atoms with Crippen molar-refractivity contribution in [3.63, 3.8) is 0 Å². The van der Waals surface area contributed by atoms with Crippen molar-refractivity contribution in [3.05, 3.63) is 23.5 Å². The van der Waals surface area contributed by atoms with Crippen molar-refractivity contribution >= 4 is 7.85 Å². The Labute approximate surface area is 56.5 Å². The lowest BCUT2D eigenvalue weighted by atomic mass is 9.79. The molecule has 9 heavy (non-hydrogen) atoms. The second-order valence-electron chi connectivity index (χ2n) is 2.39. The zero-order valence-electron chi connectivity index (χ0n) is 5.46. The highest BCUT2D eigenvalue weighted by Gasteiger charge is 2.06. The van der Waals surface area contributed by atoms with Gasteiger partial charge in [0.15, 0.2) is 0 Å². The average molecular weight is 120 g/mol. The maximum Gasteiger partial charge on any atom is 0.114 e. The monoisotopic (exact) mass is 120 g/mol. The van der Waals surface area contributed by atoms with Gasteiger partial charge in [0.1, 0.15) is 5.76 Å². The van der Waals surface area contributed by atoms with Crippen LogP contribution in [0.5, 0.6) is 0 Å². The van der Waals surface area contributed by atoms with Gasteiger partial charge < -0.3 is 5.11 Å². The third-order valence-corrected chi connectivity index (χ3v) is 1.48. The Hall–Kier alpha value is -0.655. The van der Waals surface area contributed by atoms with Gasteiger partial charge in [-0.25, -0.2) is 0 Å². The van der Waals surface area contributed by atoms with Crippen LogP contribution < -0.4 is 0 Å². The summed E-state index contributed by atoms with van der Waals surface area (Å²) in [7, 11) is 5.56. The van der Waals surface area contributed by atoms with Crippen LogP contribution in [0.3, 0.4) is 0 Å². The smallest absolute Gasteiger partial charge is 0.114 e. The molecule has 0 saturated heterocycles. The summed E-state index contributed by atoms with van der Waals surface area (Å²) in [4.78, 5) is 0. The highest BCUT2D eigenvalue weighted by molar-refractivity contribution is 6.13. The minimum atomic E-state index is 0.0981. The maximum atomic E-state index is 9.03. The predicted molar refractivity (Wildman–Crippen MR) is 38.6 cm³/mol. The number of allylic oxidation sites excluding steroid dienone is 3. The van der Waals surface area contributed by atoms with Crippen LogP contribution in [0.2, 0.25) is 5.82 Å². The van der Waals surface area contributed by atoms with Gasteiger partial charge in [-0.1, -0.05) is 11.9 Å². The van der Waals surface area contributed by atoms with Crippen LogP contribution in [0.1, 0.15) is 13.3 Å². The summed E-state index contributed by atoms with van der Waals surface area (Å²) in [5, 5.41) is 9.03. The molecule has 0 aromatic rings. The van der Waals surface area contributed by atoms with Crippen molar-refractivity contribution in [2.45, 2.75) is 19.2 Å². The van der Waals surface area contributed by atoms with E-state index in [4.69, 9.17) is 13.0 Å². The zero-order valence-corrected chi connectivity index (χ0v) is 5.46. The lowest BCUT2D eigenvalue weighted by Gasteiger charge is -2.12. The Bertz CT molecular complexity index is 170. The third kappa shape index (κ3) is 1.38. The molecule has 1 unspecified atom stereocenters. The third-order valence-electron chi connectivity index (χ3n) is 1.48. The Balaban J connectivity index is 2.75. The summed E-state index contributed by atoms with van der Waals surface area (Å²) in [6.45, 7) is 1.89. The van der Waals surface area contributed by atoms with Crippen LogP contribution in [-0.4, -0.2) is 13.0 Å². The van der Waals surface area contributed by atoms with E-state index in [1.54, 1.807) is 6.08 Å².